The lowest BCUT2D eigenvalue weighted by Gasteiger charge is -2.36. The molecule has 1 aliphatic heterocycles. The summed E-state index contributed by atoms with van der Waals surface area (Å²) in [6.45, 7) is 3.90. The van der Waals surface area contributed by atoms with Crippen molar-refractivity contribution in [3.63, 3.8) is 0 Å². The maximum atomic E-state index is 12.9. The van der Waals surface area contributed by atoms with Gasteiger partial charge in [-0.3, -0.25) is 14.5 Å². The van der Waals surface area contributed by atoms with Gasteiger partial charge in [-0.1, -0.05) is 45.2 Å². The molecule has 1 saturated carbocycles. The SMILES string of the molecule is CCCCc1ccc(NC(=O)CN2C(=O)NC3(CCCCC3C)C2=O)cc1. The molecule has 0 radical (unpaired) electrons. The van der Waals surface area contributed by atoms with Crippen LogP contribution in [0.25, 0.3) is 0 Å². The summed E-state index contributed by atoms with van der Waals surface area (Å²) in [6.07, 6.45) is 6.85. The van der Waals surface area contributed by atoms with Crippen LogP contribution in [0.15, 0.2) is 24.3 Å². The van der Waals surface area contributed by atoms with Crippen molar-refractivity contribution in [1.29, 1.82) is 0 Å². The van der Waals surface area contributed by atoms with Crippen LogP contribution in [0.5, 0.6) is 0 Å². The topological polar surface area (TPSA) is 78.5 Å². The molecule has 3 rings (SSSR count). The first-order valence-corrected chi connectivity index (χ1v) is 9.99. The molecule has 1 spiro atoms. The monoisotopic (exact) mass is 371 g/mol. The molecule has 2 fully saturated rings. The van der Waals surface area contributed by atoms with E-state index in [9.17, 15) is 14.4 Å². The van der Waals surface area contributed by atoms with Gasteiger partial charge < -0.3 is 10.6 Å². The highest BCUT2D eigenvalue weighted by Gasteiger charge is 2.55. The van der Waals surface area contributed by atoms with Crippen LogP contribution < -0.4 is 10.6 Å². The molecular weight excluding hydrogens is 342 g/mol. The van der Waals surface area contributed by atoms with Crippen molar-refractivity contribution >= 4 is 23.5 Å². The Balaban J connectivity index is 1.60. The molecule has 2 unspecified atom stereocenters. The van der Waals surface area contributed by atoms with E-state index in [-0.39, 0.29) is 24.3 Å². The zero-order valence-corrected chi connectivity index (χ0v) is 16.2. The summed E-state index contributed by atoms with van der Waals surface area (Å²) >= 11 is 0. The van der Waals surface area contributed by atoms with Crippen LogP contribution in [-0.4, -0.2) is 34.8 Å². The first-order valence-electron chi connectivity index (χ1n) is 9.99. The van der Waals surface area contributed by atoms with Gasteiger partial charge in [0, 0.05) is 5.69 Å². The first kappa shape index (κ1) is 19.4. The summed E-state index contributed by atoms with van der Waals surface area (Å²) < 4.78 is 0. The average molecular weight is 371 g/mol. The van der Waals surface area contributed by atoms with Gasteiger partial charge in [0.2, 0.25) is 5.91 Å². The molecule has 27 heavy (non-hydrogen) atoms. The quantitative estimate of drug-likeness (QED) is 0.752. The van der Waals surface area contributed by atoms with E-state index >= 15 is 0 Å². The minimum atomic E-state index is -0.823. The summed E-state index contributed by atoms with van der Waals surface area (Å²) in [5.74, 6) is -0.531. The first-order chi connectivity index (χ1) is 13.0. The number of carbonyl (C=O) groups excluding carboxylic acids is 3. The van der Waals surface area contributed by atoms with Gasteiger partial charge in [-0.05, 0) is 49.3 Å². The number of aryl methyl sites for hydroxylation is 1. The van der Waals surface area contributed by atoms with E-state index in [1.807, 2.05) is 31.2 Å². The third-order valence-electron chi connectivity index (χ3n) is 5.86. The van der Waals surface area contributed by atoms with E-state index in [1.165, 1.54) is 5.56 Å². The standard InChI is InChI=1S/C21H29N3O3/c1-3-4-8-16-9-11-17(12-10-16)22-18(25)14-24-19(26)21(23-20(24)27)13-6-5-7-15(21)2/h9-12,15H,3-8,13-14H2,1-2H3,(H,22,25)(H,23,27). The highest BCUT2D eigenvalue weighted by Crippen LogP contribution is 2.38. The number of imide groups is 1. The van der Waals surface area contributed by atoms with E-state index in [0.29, 0.717) is 12.1 Å². The van der Waals surface area contributed by atoms with Crippen molar-refractivity contribution in [1.82, 2.24) is 10.2 Å². The third-order valence-corrected chi connectivity index (χ3v) is 5.86. The second-order valence-electron chi connectivity index (χ2n) is 7.79. The highest BCUT2D eigenvalue weighted by atomic mass is 16.2. The Kier molecular flexibility index (Phi) is 5.82. The molecule has 1 aromatic rings. The van der Waals surface area contributed by atoms with Crippen molar-refractivity contribution in [3.05, 3.63) is 29.8 Å². The largest absolute Gasteiger partial charge is 0.325 e. The summed E-state index contributed by atoms with van der Waals surface area (Å²) in [4.78, 5) is 38.7. The molecule has 6 heteroatoms. The molecule has 1 heterocycles. The smallest absolute Gasteiger partial charge is 0.325 e. The number of nitrogens with one attached hydrogen (secondary N) is 2. The minimum absolute atomic E-state index is 0.0893. The Hall–Kier alpha value is -2.37. The molecule has 0 aromatic heterocycles. The number of benzene rings is 1. The second kappa shape index (κ2) is 8.11. The number of urea groups is 1. The van der Waals surface area contributed by atoms with Gasteiger partial charge in [-0.2, -0.15) is 0 Å². The van der Waals surface area contributed by atoms with Crippen molar-refractivity contribution < 1.29 is 14.4 Å². The number of carbonyl (C=O) groups is 3. The Morgan fingerprint density at radius 2 is 2.00 bits per heavy atom. The van der Waals surface area contributed by atoms with Crippen LogP contribution in [0.1, 0.15) is 57.9 Å². The fourth-order valence-electron chi connectivity index (χ4n) is 4.12. The lowest BCUT2D eigenvalue weighted by atomic mass is 9.73. The van der Waals surface area contributed by atoms with Gasteiger partial charge in [0.15, 0.2) is 0 Å². The number of amides is 4. The lowest BCUT2D eigenvalue weighted by molar-refractivity contribution is -0.136. The molecule has 2 atom stereocenters. The molecule has 1 aliphatic carbocycles. The predicted molar refractivity (Wildman–Crippen MR) is 104 cm³/mol. The van der Waals surface area contributed by atoms with Gasteiger partial charge in [-0.15, -0.1) is 0 Å². The number of rotatable bonds is 6. The number of anilines is 1. The number of hydrogen-bond donors (Lipinski definition) is 2. The number of hydrogen-bond acceptors (Lipinski definition) is 3. The zero-order chi connectivity index (χ0) is 19.4. The van der Waals surface area contributed by atoms with Crippen LogP contribution in [0.3, 0.4) is 0 Å². The van der Waals surface area contributed by atoms with E-state index in [4.69, 9.17) is 0 Å². The fraction of sp³-hybridized carbons (Fsp3) is 0.571. The van der Waals surface area contributed by atoms with Crippen LogP contribution in [0.2, 0.25) is 0 Å². The van der Waals surface area contributed by atoms with Crippen molar-refractivity contribution in [2.75, 3.05) is 11.9 Å². The Labute approximate surface area is 160 Å². The molecule has 1 saturated heterocycles. The lowest BCUT2D eigenvalue weighted by Crippen LogP contribution is -2.54. The van der Waals surface area contributed by atoms with Crippen LogP contribution in [-0.2, 0) is 16.0 Å². The van der Waals surface area contributed by atoms with Crippen molar-refractivity contribution in [2.24, 2.45) is 5.92 Å². The molecule has 6 nitrogen and oxygen atoms in total. The molecule has 4 amide bonds. The van der Waals surface area contributed by atoms with Gasteiger partial charge in [0.25, 0.3) is 5.91 Å². The summed E-state index contributed by atoms with van der Waals surface area (Å²) in [6, 6.07) is 7.26. The minimum Gasteiger partial charge on any atom is -0.325 e. The van der Waals surface area contributed by atoms with Crippen molar-refractivity contribution in [3.8, 4) is 0 Å². The number of nitrogens with zero attached hydrogens (tertiary/aromatic N) is 1. The van der Waals surface area contributed by atoms with Gasteiger partial charge in [0.1, 0.15) is 12.1 Å². The van der Waals surface area contributed by atoms with Crippen LogP contribution in [0.4, 0.5) is 10.5 Å². The summed E-state index contributed by atoms with van der Waals surface area (Å²) in [5, 5.41) is 5.66. The Bertz CT molecular complexity index is 716. The highest BCUT2D eigenvalue weighted by molar-refractivity contribution is 6.10. The Morgan fingerprint density at radius 1 is 1.26 bits per heavy atom. The molecule has 2 N–H and O–H groups in total. The molecule has 146 valence electrons. The maximum Gasteiger partial charge on any atom is 0.325 e. The maximum absolute atomic E-state index is 12.9. The van der Waals surface area contributed by atoms with Crippen LogP contribution in [0, 0.1) is 5.92 Å². The van der Waals surface area contributed by atoms with E-state index in [1.54, 1.807) is 0 Å². The Morgan fingerprint density at radius 3 is 2.67 bits per heavy atom. The zero-order valence-electron chi connectivity index (χ0n) is 16.2. The van der Waals surface area contributed by atoms with Crippen molar-refractivity contribution in [2.45, 2.75) is 64.3 Å². The van der Waals surface area contributed by atoms with E-state index in [0.717, 1.165) is 43.4 Å². The van der Waals surface area contributed by atoms with E-state index < -0.39 is 11.6 Å². The molecule has 1 aromatic carbocycles. The van der Waals surface area contributed by atoms with Gasteiger partial charge in [0.05, 0.1) is 0 Å². The molecule has 2 aliphatic rings. The summed E-state index contributed by atoms with van der Waals surface area (Å²) in [5.41, 5.74) is 1.08. The second-order valence-corrected chi connectivity index (χ2v) is 7.79. The van der Waals surface area contributed by atoms with Gasteiger partial charge >= 0.3 is 6.03 Å². The average Bonchev–Trinajstić information content (AvgIpc) is 2.88. The fourth-order valence-corrected chi connectivity index (χ4v) is 4.12. The number of unbranched alkanes of at least 4 members (excludes halogenated alkanes) is 1. The summed E-state index contributed by atoms with van der Waals surface area (Å²) in [7, 11) is 0. The molecule has 0 bridgehead atoms. The van der Waals surface area contributed by atoms with Crippen LogP contribution >= 0.6 is 0 Å². The van der Waals surface area contributed by atoms with Gasteiger partial charge in [-0.25, -0.2) is 4.79 Å². The third kappa shape index (κ3) is 3.99. The normalized spacial score (nSPS) is 25.0. The van der Waals surface area contributed by atoms with E-state index in [2.05, 4.69) is 17.6 Å². The molecular formula is C21H29N3O3. The predicted octanol–water partition coefficient (Wildman–Crippen LogP) is 3.47.